The number of ether oxygens (including phenoxy) is 6. The molecule has 7 unspecified atom stereocenters. The van der Waals surface area contributed by atoms with Gasteiger partial charge in [0.05, 0.1) is 19.8 Å². The smallest absolute Gasteiger partial charge is 0.187 e. The Labute approximate surface area is 199 Å². The Balaban J connectivity index is 1.72. The minimum absolute atomic E-state index is 0.172. The van der Waals surface area contributed by atoms with Crippen LogP contribution in [-0.2, 0) is 28.4 Å². The van der Waals surface area contributed by atoms with Gasteiger partial charge in [0.15, 0.2) is 18.9 Å². The van der Waals surface area contributed by atoms with Gasteiger partial charge in [-0.05, 0) is 0 Å². The molecular weight excluding hydrogens is 484 g/mol. The van der Waals surface area contributed by atoms with Gasteiger partial charge >= 0.3 is 0 Å². The fourth-order valence-corrected chi connectivity index (χ4v) is 4.21. The molecule has 3 saturated heterocycles. The lowest BCUT2D eigenvalue weighted by atomic mass is 9.96. The Morgan fingerprint density at radius 3 is 1.51 bits per heavy atom. The number of aliphatic hydroxyl groups excluding tert-OH is 10. The second-order valence-electron chi connectivity index (χ2n) is 8.61. The number of hydrogen-bond acceptors (Lipinski definition) is 16. The van der Waals surface area contributed by atoms with Crippen molar-refractivity contribution in [2.24, 2.45) is 0 Å². The Bertz CT molecular complexity index is 652. The van der Waals surface area contributed by atoms with E-state index >= 15 is 0 Å². The van der Waals surface area contributed by atoms with Crippen LogP contribution in [0.2, 0.25) is 0 Å². The summed E-state index contributed by atoms with van der Waals surface area (Å²) in [5.41, 5.74) is 0. The highest BCUT2D eigenvalue weighted by Gasteiger charge is 2.53. The van der Waals surface area contributed by atoms with Crippen LogP contribution < -0.4 is 0 Å². The minimum atomic E-state index is -1.88. The molecule has 15 atom stereocenters. The van der Waals surface area contributed by atoms with Crippen LogP contribution in [0.3, 0.4) is 0 Å². The fraction of sp³-hybridized carbons (Fsp3) is 1.00. The van der Waals surface area contributed by atoms with Crippen LogP contribution in [0.25, 0.3) is 0 Å². The lowest BCUT2D eigenvalue weighted by Crippen LogP contribution is -2.66. The van der Waals surface area contributed by atoms with Gasteiger partial charge < -0.3 is 79.5 Å². The first kappa shape index (κ1) is 28.9. The molecule has 3 aliphatic heterocycles. The molecule has 16 heteroatoms. The van der Waals surface area contributed by atoms with Crippen LogP contribution in [0.15, 0.2) is 0 Å². The normalized spacial score (nSPS) is 51.3. The molecule has 3 rings (SSSR count). The summed E-state index contributed by atoms with van der Waals surface area (Å²) in [6.45, 7) is -1.72. The second-order valence-corrected chi connectivity index (χ2v) is 8.61. The summed E-state index contributed by atoms with van der Waals surface area (Å²) in [4.78, 5) is 0. The molecule has 0 aromatic rings. The maximum absolute atomic E-state index is 10.7. The van der Waals surface area contributed by atoms with Crippen molar-refractivity contribution < 1.29 is 79.5 Å². The van der Waals surface area contributed by atoms with Crippen molar-refractivity contribution >= 4 is 0 Å². The third-order valence-corrected chi connectivity index (χ3v) is 6.24. The summed E-state index contributed by atoms with van der Waals surface area (Å²) in [7, 11) is 1.32. The quantitative estimate of drug-likeness (QED) is 0.143. The van der Waals surface area contributed by atoms with Crippen LogP contribution in [-0.4, -0.2) is 170 Å². The van der Waals surface area contributed by atoms with Crippen molar-refractivity contribution in [1.82, 2.24) is 0 Å². The van der Waals surface area contributed by atoms with Gasteiger partial charge in [-0.1, -0.05) is 0 Å². The van der Waals surface area contributed by atoms with Crippen molar-refractivity contribution in [2.75, 3.05) is 26.9 Å². The summed E-state index contributed by atoms with van der Waals surface area (Å²) in [5.74, 6) is 0. The highest BCUT2D eigenvalue weighted by Crippen LogP contribution is 2.32. The van der Waals surface area contributed by atoms with E-state index in [1.165, 1.54) is 7.11 Å². The second kappa shape index (κ2) is 12.3. The number of rotatable bonds is 8. The lowest BCUT2D eigenvalue weighted by Gasteiger charge is -2.47. The van der Waals surface area contributed by atoms with Gasteiger partial charge in [-0.25, -0.2) is 0 Å². The molecule has 35 heavy (non-hydrogen) atoms. The first-order valence-electron chi connectivity index (χ1n) is 11.0. The van der Waals surface area contributed by atoms with Crippen LogP contribution in [0.1, 0.15) is 0 Å². The van der Waals surface area contributed by atoms with Crippen LogP contribution >= 0.6 is 0 Å². The van der Waals surface area contributed by atoms with Crippen molar-refractivity contribution in [2.45, 2.75) is 92.1 Å². The summed E-state index contributed by atoms with van der Waals surface area (Å²) < 4.78 is 31.7. The monoisotopic (exact) mass is 518 g/mol. The standard InChI is InChI=1S/C19H34O16/c1-30-4-7-8(22)9(23)13(27)18(33-7)35-16-6(3-21)32-19(14(28)11(16)25)34-15-5(2-20)31-17(29)12(26)10(15)24/h5-29H,2-4H2,1H3/t5?,6?,7?,8-,9+,10-,11-,12?,13?,14?,15-,16?,17+,18-,19-/m1/s1. The van der Waals surface area contributed by atoms with E-state index in [0.29, 0.717) is 0 Å². The van der Waals surface area contributed by atoms with E-state index in [2.05, 4.69) is 0 Å². The van der Waals surface area contributed by atoms with E-state index in [4.69, 9.17) is 28.4 Å². The summed E-state index contributed by atoms with van der Waals surface area (Å²) in [6.07, 6.45) is -24.4. The molecule has 10 N–H and O–H groups in total. The molecule has 0 aliphatic carbocycles. The van der Waals surface area contributed by atoms with Crippen molar-refractivity contribution in [3.63, 3.8) is 0 Å². The van der Waals surface area contributed by atoms with Gasteiger partial charge in [-0.15, -0.1) is 0 Å². The molecule has 206 valence electrons. The Morgan fingerprint density at radius 2 is 1.00 bits per heavy atom. The molecule has 3 heterocycles. The maximum Gasteiger partial charge on any atom is 0.187 e. The van der Waals surface area contributed by atoms with E-state index in [-0.39, 0.29) is 6.61 Å². The average molecular weight is 518 g/mol. The first-order valence-corrected chi connectivity index (χ1v) is 11.0. The van der Waals surface area contributed by atoms with Crippen LogP contribution in [0, 0.1) is 0 Å². The molecule has 0 radical (unpaired) electrons. The lowest BCUT2D eigenvalue weighted by molar-refractivity contribution is -0.377. The SMILES string of the molecule is COCC1O[C@H](OC2C(CO)O[C@H](O[C@@H]3C(CO)O[C@H](O)C(O)[C@H]3O)C(O)[C@H]2O)C(O)[C@@H](O)[C@@H]1O. The molecule has 3 fully saturated rings. The molecular formula is C19H34O16. The molecule has 0 saturated carbocycles. The first-order chi connectivity index (χ1) is 16.5. The summed E-state index contributed by atoms with van der Waals surface area (Å²) in [5, 5.41) is 101. The molecule has 0 aromatic carbocycles. The highest BCUT2D eigenvalue weighted by molar-refractivity contribution is 4.96. The maximum atomic E-state index is 10.7. The van der Waals surface area contributed by atoms with E-state index in [1.807, 2.05) is 0 Å². The topological polar surface area (TPSA) is 258 Å². The van der Waals surface area contributed by atoms with E-state index < -0.39 is 105 Å². The van der Waals surface area contributed by atoms with E-state index in [1.54, 1.807) is 0 Å². The fourth-order valence-electron chi connectivity index (χ4n) is 4.21. The molecule has 0 aromatic heterocycles. The third-order valence-electron chi connectivity index (χ3n) is 6.24. The molecule has 3 aliphatic rings. The van der Waals surface area contributed by atoms with Gasteiger partial charge in [0.1, 0.15) is 73.2 Å². The van der Waals surface area contributed by atoms with Gasteiger partial charge in [0.25, 0.3) is 0 Å². The van der Waals surface area contributed by atoms with Crippen molar-refractivity contribution in [1.29, 1.82) is 0 Å². The molecule has 0 spiro atoms. The zero-order valence-corrected chi connectivity index (χ0v) is 18.7. The molecule has 0 amide bonds. The number of aliphatic hydroxyl groups is 10. The summed E-state index contributed by atoms with van der Waals surface area (Å²) >= 11 is 0. The number of methoxy groups -OCH3 is 1. The average Bonchev–Trinajstić information content (AvgIpc) is 2.84. The Hall–Kier alpha value is -0.640. The van der Waals surface area contributed by atoms with E-state index in [0.717, 1.165) is 0 Å². The summed E-state index contributed by atoms with van der Waals surface area (Å²) in [6, 6.07) is 0. The zero-order valence-electron chi connectivity index (χ0n) is 18.7. The van der Waals surface area contributed by atoms with Crippen molar-refractivity contribution in [3.8, 4) is 0 Å². The van der Waals surface area contributed by atoms with Gasteiger partial charge in [-0.2, -0.15) is 0 Å². The Kier molecular flexibility index (Phi) is 10.1. The molecule has 0 bridgehead atoms. The van der Waals surface area contributed by atoms with Crippen LogP contribution in [0.5, 0.6) is 0 Å². The van der Waals surface area contributed by atoms with Gasteiger partial charge in [0, 0.05) is 7.11 Å². The van der Waals surface area contributed by atoms with Gasteiger partial charge in [-0.3, -0.25) is 0 Å². The Morgan fingerprint density at radius 1 is 0.543 bits per heavy atom. The van der Waals surface area contributed by atoms with Crippen LogP contribution in [0.4, 0.5) is 0 Å². The largest absolute Gasteiger partial charge is 0.394 e. The minimum Gasteiger partial charge on any atom is -0.394 e. The predicted molar refractivity (Wildman–Crippen MR) is 106 cm³/mol. The zero-order chi connectivity index (χ0) is 26.0. The van der Waals surface area contributed by atoms with E-state index in [9.17, 15) is 51.1 Å². The van der Waals surface area contributed by atoms with Gasteiger partial charge in [0.2, 0.25) is 0 Å². The predicted octanol–water partition coefficient (Wildman–Crippen LogP) is -6.92. The third kappa shape index (κ3) is 5.93. The highest BCUT2D eigenvalue weighted by atomic mass is 16.8. The number of hydrogen-bond donors (Lipinski definition) is 10. The molecule has 16 nitrogen and oxygen atoms in total. The van der Waals surface area contributed by atoms with Crippen molar-refractivity contribution in [3.05, 3.63) is 0 Å².